The van der Waals surface area contributed by atoms with Crippen molar-refractivity contribution in [2.24, 2.45) is 0 Å². The van der Waals surface area contributed by atoms with Gasteiger partial charge >= 0.3 is 12.4 Å². The molecule has 0 aliphatic rings. The molecule has 3 nitrogen and oxygen atoms in total. The van der Waals surface area contributed by atoms with Crippen LogP contribution in [0.15, 0.2) is 75.4 Å². The van der Waals surface area contributed by atoms with E-state index in [-0.39, 0.29) is 14.9 Å². The summed E-state index contributed by atoms with van der Waals surface area (Å²) in [5, 5.41) is 0.625. The number of halogens is 10. The second-order valence-corrected chi connectivity index (χ2v) is 10.4. The van der Waals surface area contributed by atoms with Gasteiger partial charge in [-0.1, -0.05) is 30.3 Å². The van der Waals surface area contributed by atoms with Crippen molar-refractivity contribution in [3.05, 3.63) is 105 Å². The van der Waals surface area contributed by atoms with Crippen molar-refractivity contribution in [3.63, 3.8) is 0 Å². The number of ether oxygens (including phenoxy) is 1. The van der Waals surface area contributed by atoms with Crippen LogP contribution in [0.1, 0.15) is 16.7 Å². The Hall–Kier alpha value is -2.84. The number of hydrogen-bond acceptors (Lipinski definition) is 3. The summed E-state index contributed by atoms with van der Waals surface area (Å²) in [6.45, 7) is -1.70. The van der Waals surface area contributed by atoms with E-state index in [1.807, 2.05) is 0 Å². The minimum absolute atomic E-state index is 0.114. The summed E-state index contributed by atoms with van der Waals surface area (Å²) in [5.74, 6) is -3.54. The summed E-state index contributed by atoms with van der Waals surface area (Å²) >= 11 is 2.83. The maximum Gasteiger partial charge on any atom is 0.430 e. The third-order valence-electron chi connectivity index (χ3n) is 5.27. The average molecular weight is 633 g/mol. The molecular weight excluding hydrogens is 619 g/mol. The molecule has 0 N–H and O–H groups in total. The molecule has 3 rings (SSSR count). The van der Waals surface area contributed by atoms with Crippen LogP contribution in [0, 0.1) is 17.5 Å². The molecule has 0 fully saturated rings. The predicted octanol–water partition coefficient (Wildman–Crippen LogP) is 7.85. The summed E-state index contributed by atoms with van der Waals surface area (Å²) < 4.78 is 154. The van der Waals surface area contributed by atoms with E-state index in [1.165, 1.54) is 0 Å². The van der Waals surface area contributed by atoms with Crippen molar-refractivity contribution in [1.29, 1.82) is 0 Å². The SMILES string of the molecule is O=S(=O)(/C=C/c1ccc(C(OCc2c(F)cccc2F)(C(F)(F)F)C(F)(F)F)cc1)c1ccc(F)c(Br)c1. The van der Waals surface area contributed by atoms with Crippen molar-refractivity contribution < 1.29 is 52.7 Å². The quantitative estimate of drug-likeness (QED) is 0.197. The Morgan fingerprint density at radius 2 is 1.34 bits per heavy atom. The molecule has 0 heterocycles. The van der Waals surface area contributed by atoms with Crippen LogP contribution >= 0.6 is 15.9 Å². The molecule has 0 saturated heterocycles. The van der Waals surface area contributed by atoms with Crippen LogP contribution in [0.4, 0.5) is 39.5 Å². The normalized spacial score (nSPS) is 13.3. The summed E-state index contributed by atoms with van der Waals surface area (Å²) in [6.07, 6.45) is -11.3. The lowest BCUT2D eigenvalue weighted by Gasteiger charge is -2.37. The smallest absolute Gasteiger partial charge is 0.349 e. The van der Waals surface area contributed by atoms with Gasteiger partial charge in [0, 0.05) is 16.5 Å². The maximum atomic E-state index is 14.0. The first-order chi connectivity index (χ1) is 17.5. The molecule has 38 heavy (non-hydrogen) atoms. The standard InChI is InChI=1S/C24H14BrF9O3S/c25-18-12-16(8-9-21(18)28)38(35,36)11-10-14-4-6-15(7-5-14)22(23(29,30)31,24(32,33)34)37-13-17-19(26)2-1-3-20(17)27/h1-12H,13H2/b11-10+. The van der Waals surface area contributed by atoms with Gasteiger partial charge in [-0.05, 0) is 57.9 Å². The highest BCUT2D eigenvalue weighted by atomic mass is 79.9. The molecule has 0 atom stereocenters. The van der Waals surface area contributed by atoms with E-state index in [1.54, 1.807) is 0 Å². The second kappa shape index (κ2) is 10.7. The van der Waals surface area contributed by atoms with E-state index < -0.39 is 63.0 Å². The van der Waals surface area contributed by atoms with Crippen LogP contribution in [0.3, 0.4) is 0 Å². The molecule has 0 aromatic heterocycles. The molecule has 0 bridgehead atoms. The molecule has 3 aromatic carbocycles. The highest BCUT2D eigenvalue weighted by Crippen LogP contribution is 2.53. The van der Waals surface area contributed by atoms with E-state index in [0.717, 1.165) is 42.5 Å². The zero-order valence-corrected chi connectivity index (χ0v) is 21.0. The van der Waals surface area contributed by atoms with Crippen molar-refractivity contribution in [2.75, 3.05) is 0 Å². The molecule has 0 amide bonds. The molecule has 14 heteroatoms. The van der Waals surface area contributed by atoms with Crippen LogP contribution in [-0.4, -0.2) is 20.8 Å². The van der Waals surface area contributed by atoms with Gasteiger partial charge in [0.15, 0.2) is 9.84 Å². The highest BCUT2D eigenvalue weighted by Gasteiger charge is 2.73. The van der Waals surface area contributed by atoms with Gasteiger partial charge in [-0.2, -0.15) is 26.3 Å². The van der Waals surface area contributed by atoms with Crippen molar-refractivity contribution in [1.82, 2.24) is 0 Å². The van der Waals surface area contributed by atoms with Gasteiger partial charge < -0.3 is 4.74 Å². The number of hydrogen-bond donors (Lipinski definition) is 0. The Morgan fingerprint density at radius 3 is 1.84 bits per heavy atom. The second-order valence-electron chi connectivity index (χ2n) is 7.71. The first kappa shape index (κ1) is 29.7. The Morgan fingerprint density at radius 1 is 0.789 bits per heavy atom. The van der Waals surface area contributed by atoms with E-state index in [4.69, 9.17) is 0 Å². The third kappa shape index (κ3) is 5.91. The Kier molecular flexibility index (Phi) is 8.39. The maximum absolute atomic E-state index is 14.0. The number of rotatable bonds is 7. The van der Waals surface area contributed by atoms with Crippen molar-refractivity contribution in [2.45, 2.75) is 29.5 Å². The largest absolute Gasteiger partial charge is 0.430 e. The number of sulfone groups is 1. The Labute approximate surface area is 218 Å². The fraction of sp³-hybridized carbons (Fsp3) is 0.167. The molecule has 0 aliphatic heterocycles. The van der Waals surface area contributed by atoms with Crippen molar-refractivity contribution in [3.8, 4) is 0 Å². The molecule has 3 aromatic rings. The topological polar surface area (TPSA) is 43.4 Å². The van der Waals surface area contributed by atoms with E-state index in [0.29, 0.717) is 29.7 Å². The fourth-order valence-corrected chi connectivity index (χ4v) is 4.88. The van der Waals surface area contributed by atoms with Gasteiger partial charge in [0.2, 0.25) is 0 Å². The van der Waals surface area contributed by atoms with Gasteiger partial charge in [0.05, 0.1) is 16.0 Å². The Balaban J connectivity index is 1.99. The molecule has 0 spiro atoms. The minimum Gasteiger partial charge on any atom is -0.349 e. The van der Waals surface area contributed by atoms with Crippen LogP contribution < -0.4 is 0 Å². The molecule has 0 saturated carbocycles. The summed E-state index contributed by atoms with van der Waals surface area (Å²) in [4.78, 5) is -0.333. The zero-order valence-electron chi connectivity index (χ0n) is 18.5. The molecule has 204 valence electrons. The van der Waals surface area contributed by atoms with Crippen LogP contribution in [0.5, 0.6) is 0 Å². The first-order valence-electron chi connectivity index (χ1n) is 10.2. The average Bonchev–Trinajstić information content (AvgIpc) is 2.80. The lowest BCUT2D eigenvalue weighted by molar-refractivity contribution is -0.392. The Bertz CT molecular complexity index is 1410. The van der Waals surface area contributed by atoms with Gasteiger partial charge in [0.25, 0.3) is 5.60 Å². The van der Waals surface area contributed by atoms with Crippen LogP contribution in [0.25, 0.3) is 6.08 Å². The molecule has 0 radical (unpaired) electrons. The molecule has 0 aliphatic carbocycles. The van der Waals surface area contributed by atoms with Crippen LogP contribution in [0.2, 0.25) is 0 Å². The number of alkyl halides is 6. The summed E-state index contributed by atoms with van der Waals surface area (Å²) in [7, 11) is -4.16. The lowest BCUT2D eigenvalue weighted by atomic mass is 9.91. The zero-order chi connectivity index (χ0) is 28.5. The van der Waals surface area contributed by atoms with Crippen molar-refractivity contribution >= 4 is 31.8 Å². The fourth-order valence-electron chi connectivity index (χ4n) is 3.32. The third-order valence-corrected chi connectivity index (χ3v) is 7.28. The lowest BCUT2D eigenvalue weighted by Crippen LogP contribution is -2.55. The van der Waals surface area contributed by atoms with Crippen LogP contribution in [-0.2, 0) is 26.8 Å². The first-order valence-corrected chi connectivity index (χ1v) is 12.5. The van der Waals surface area contributed by atoms with E-state index >= 15 is 0 Å². The molecule has 0 unspecified atom stereocenters. The van der Waals surface area contributed by atoms with Gasteiger partial charge in [-0.3, -0.25) is 0 Å². The monoisotopic (exact) mass is 632 g/mol. The van der Waals surface area contributed by atoms with Gasteiger partial charge in [-0.15, -0.1) is 0 Å². The van der Waals surface area contributed by atoms with E-state index in [9.17, 15) is 47.9 Å². The summed E-state index contributed by atoms with van der Waals surface area (Å²) in [5.41, 5.74) is -7.68. The van der Waals surface area contributed by atoms with E-state index in [2.05, 4.69) is 20.7 Å². The van der Waals surface area contributed by atoms with Gasteiger partial charge in [0.1, 0.15) is 17.5 Å². The minimum atomic E-state index is -6.12. The summed E-state index contributed by atoms with van der Waals surface area (Å²) in [6, 6.07) is 7.29. The molecular formula is C24H14BrF9O3S. The highest BCUT2D eigenvalue weighted by molar-refractivity contribution is 9.10. The van der Waals surface area contributed by atoms with Gasteiger partial charge in [-0.25, -0.2) is 21.6 Å². The number of benzene rings is 3. The predicted molar refractivity (Wildman–Crippen MR) is 122 cm³/mol.